The molecule has 1 atom stereocenters. The molecule has 0 bridgehead atoms. The van der Waals surface area contributed by atoms with Gasteiger partial charge in [-0.2, -0.15) is 0 Å². The van der Waals surface area contributed by atoms with Crippen LogP contribution in [0.3, 0.4) is 0 Å². The van der Waals surface area contributed by atoms with Gasteiger partial charge in [-0.1, -0.05) is 19.8 Å². The molecule has 1 amide bonds. The van der Waals surface area contributed by atoms with Crippen LogP contribution in [0.5, 0.6) is 0 Å². The Morgan fingerprint density at radius 1 is 1.20 bits per heavy atom. The molecule has 0 aromatic heterocycles. The second-order valence-corrected chi connectivity index (χ2v) is 6.56. The zero-order chi connectivity index (χ0) is 14.5. The summed E-state index contributed by atoms with van der Waals surface area (Å²) in [6.45, 7) is 5.16. The van der Waals surface area contributed by atoms with Crippen molar-refractivity contribution in [1.82, 2.24) is 10.2 Å². The van der Waals surface area contributed by atoms with Crippen LogP contribution in [0.2, 0.25) is 0 Å². The van der Waals surface area contributed by atoms with Gasteiger partial charge in [-0.05, 0) is 52.0 Å². The van der Waals surface area contributed by atoms with E-state index in [1.54, 1.807) is 0 Å². The lowest BCUT2D eigenvalue weighted by molar-refractivity contribution is -0.127. The molecule has 2 aliphatic rings. The fourth-order valence-electron chi connectivity index (χ4n) is 3.82. The van der Waals surface area contributed by atoms with E-state index in [1.165, 1.54) is 12.8 Å². The SMILES string of the molecule is CCN(C1CCC(N)CC1)C(C)C(=O)NC1CCCC1. The van der Waals surface area contributed by atoms with Crippen molar-refractivity contribution in [1.29, 1.82) is 0 Å². The Labute approximate surface area is 123 Å². The maximum absolute atomic E-state index is 12.4. The van der Waals surface area contributed by atoms with Crippen LogP contribution in [0.4, 0.5) is 0 Å². The maximum Gasteiger partial charge on any atom is 0.237 e. The van der Waals surface area contributed by atoms with Gasteiger partial charge in [0.05, 0.1) is 6.04 Å². The number of hydrogen-bond donors (Lipinski definition) is 2. The smallest absolute Gasteiger partial charge is 0.237 e. The van der Waals surface area contributed by atoms with Crippen molar-refractivity contribution in [3.8, 4) is 0 Å². The standard InChI is InChI=1S/C16H31N3O/c1-3-19(15-10-8-13(17)9-11-15)12(2)16(20)18-14-6-4-5-7-14/h12-15H,3-11,17H2,1-2H3,(H,18,20). The van der Waals surface area contributed by atoms with Gasteiger partial charge in [0.1, 0.15) is 0 Å². The minimum absolute atomic E-state index is 0.0140. The number of likely N-dealkylation sites (N-methyl/N-ethyl adjacent to an activating group) is 1. The highest BCUT2D eigenvalue weighted by Gasteiger charge is 2.30. The molecule has 2 saturated carbocycles. The summed E-state index contributed by atoms with van der Waals surface area (Å²) in [4.78, 5) is 14.8. The van der Waals surface area contributed by atoms with Gasteiger partial charge in [0, 0.05) is 18.1 Å². The zero-order valence-electron chi connectivity index (χ0n) is 13.1. The summed E-state index contributed by atoms with van der Waals surface area (Å²) in [5, 5.41) is 3.24. The first kappa shape index (κ1) is 15.8. The van der Waals surface area contributed by atoms with Crippen LogP contribution in [0, 0.1) is 0 Å². The van der Waals surface area contributed by atoms with Crippen molar-refractivity contribution in [2.75, 3.05) is 6.54 Å². The Kier molecular flexibility index (Phi) is 5.85. The molecule has 2 rings (SSSR count). The average molecular weight is 281 g/mol. The lowest BCUT2D eigenvalue weighted by Crippen LogP contribution is -2.52. The number of amides is 1. The molecular formula is C16H31N3O. The van der Waals surface area contributed by atoms with Gasteiger partial charge in [0.2, 0.25) is 5.91 Å². The summed E-state index contributed by atoms with van der Waals surface area (Å²) in [5.74, 6) is 0.216. The molecule has 0 aromatic rings. The summed E-state index contributed by atoms with van der Waals surface area (Å²) in [5.41, 5.74) is 5.99. The Balaban J connectivity index is 1.86. The summed E-state index contributed by atoms with van der Waals surface area (Å²) >= 11 is 0. The Hall–Kier alpha value is -0.610. The monoisotopic (exact) mass is 281 g/mol. The largest absolute Gasteiger partial charge is 0.352 e. The van der Waals surface area contributed by atoms with Crippen molar-refractivity contribution in [2.45, 2.75) is 89.4 Å². The van der Waals surface area contributed by atoms with Crippen LogP contribution >= 0.6 is 0 Å². The first-order valence-corrected chi connectivity index (χ1v) is 8.43. The van der Waals surface area contributed by atoms with E-state index < -0.39 is 0 Å². The maximum atomic E-state index is 12.4. The Morgan fingerprint density at radius 3 is 2.35 bits per heavy atom. The van der Waals surface area contributed by atoms with Crippen molar-refractivity contribution in [3.05, 3.63) is 0 Å². The van der Waals surface area contributed by atoms with E-state index in [9.17, 15) is 4.79 Å². The number of nitrogens with zero attached hydrogens (tertiary/aromatic N) is 1. The average Bonchev–Trinajstić information content (AvgIpc) is 2.94. The van der Waals surface area contributed by atoms with Crippen molar-refractivity contribution < 1.29 is 4.79 Å². The van der Waals surface area contributed by atoms with Crippen LogP contribution in [0.1, 0.15) is 65.2 Å². The quantitative estimate of drug-likeness (QED) is 0.810. The van der Waals surface area contributed by atoms with E-state index in [4.69, 9.17) is 5.73 Å². The Morgan fingerprint density at radius 2 is 1.80 bits per heavy atom. The number of hydrogen-bond acceptors (Lipinski definition) is 3. The highest BCUT2D eigenvalue weighted by molar-refractivity contribution is 5.81. The number of nitrogens with two attached hydrogens (primary N) is 1. The van der Waals surface area contributed by atoms with Crippen molar-refractivity contribution in [3.63, 3.8) is 0 Å². The third kappa shape index (κ3) is 3.95. The van der Waals surface area contributed by atoms with E-state index in [2.05, 4.69) is 24.1 Å². The van der Waals surface area contributed by atoms with Crippen LogP contribution in [-0.4, -0.2) is 41.5 Å². The van der Waals surface area contributed by atoms with E-state index in [0.717, 1.165) is 45.1 Å². The topological polar surface area (TPSA) is 58.4 Å². The lowest BCUT2D eigenvalue weighted by atomic mass is 9.90. The second-order valence-electron chi connectivity index (χ2n) is 6.56. The number of carbonyl (C=O) groups excluding carboxylic acids is 1. The molecular weight excluding hydrogens is 250 g/mol. The molecule has 0 aromatic carbocycles. The molecule has 0 heterocycles. The first-order valence-electron chi connectivity index (χ1n) is 8.43. The van der Waals surface area contributed by atoms with Gasteiger partial charge >= 0.3 is 0 Å². The molecule has 0 saturated heterocycles. The van der Waals surface area contributed by atoms with E-state index in [1.807, 2.05) is 0 Å². The minimum Gasteiger partial charge on any atom is -0.352 e. The normalized spacial score (nSPS) is 29.6. The van der Waals surface area contributed by atoms with Gasteiger partial charge in [0.15, 0.2) is 0 Å². The van der Waals surface area contributed by atoms with Gasteiger partial charge in [0.25, 0.3) is 0 Å². The molecule has 0 spiro atoms. The Bertz CT molecular complexity index is 307. The summed E-state index contributed by atoms with van der Waals surface area (Å²) in [7, 11) is 0. The summed E-state index contributed by atoms with van der Waals surface area (Å²) in [6.07, 6.45) is 9.29. The molecule has 4 nitrogen and oxygen atoms in total. The third-order valence-electron chi connectivity index (χ3n) is 5.15. The fourth-order valence-corrected chi connectivity index (χ4v) is 3.82. The highest BCUT2D eigenvalue weighted by Crippen LogP contribution is 2.24. The third-order valence-corrected chi connectivity index (χ3v) is 5.15. The fraction of sp³-hybridized carbons (Fsp3) is 0.938. The lowest BCUT2D eigenvalue weighted by Gasteiger charge is -2.38. The van der Waals surface area contributed by atoms with Crippen LogP contribution in [0.25, 0.3) is 0 Å². The molecule has 0 radical (unpaired) electrons. The molecule has 2 aliphatic carbocycles. The molecule has 1 unspecified atom stereocenters. The van der Waals surface area contributed by atoms with Gasteiger partial charge in [-0.15, -0.1) is 0 Å². The highest BCUT2D eigenvalue weighted by atomic mass is 16.2. The predicted molar refractivity (Wildman–Crippen MR) is 82.5 cm³/mol. The van der Waals surface area contributed by atoms with Crippen molar-refractivity contribution in [2.24, 2.45) is 5.73 Å². The van der Waals surface area contributed by atoms with Gasteiger partial charge in [-0.3, -0.25) is 9.69 Å². The second kappa shape index (κ2) is 7.41. The van der Waals surface area contributed by atoms with E-state index in [0.29, 0.717) is 18.1 Å². The summed E-state index contributed by atoms with van der Waals surface area (Å²) in [6, 6.07) is 1.31. The van der Waals surface area contributed by atoms with Crippen LogP contribution in [-0.2, 0) is 4.79 Å². The summed E-state index contributed by atoms with van der Waals surface area (Å²) < 4.78 is 0. The van der Waals surface area contributed by atoms with E-state index >= 15 is 0 Å². The van der Waals surface area contributed by atoms with Gasteiger partial charge in [-0.25, -0.2) is 0 Å². The molecule has 4 heteroatoms. The van der Waals surface area contributed by atoms with Crippen LogP contribution in [0.15, 0.2) is 0 Å². The first-order chi connectivity index (χ1) is 9.61. The molecule has 3 N–H and O–H groups in total. The molecule has 0 aliphatic heterocycles. The van der Waals surface area contributed by atoms with Crippen LogP contribution < -0.4 is 11.1 Å². The molecule has 20 heavy (non-hydrogen) atoms. The number of carbonyl (C=O) groups is 1. The predicted octanol–water partition coefficient (Wildman–Crippen LogP) is 2.03. The van der Waals surface area contributed by atoms with Gasteiger partial charge < -0.3 is 11.1 Å². The minimum atomic E-state index is -0.0140. The van der Waals surface area contributed by atoms with Crippen molar-refractivity contribution >= 4 is 5.91 Å². The zero-order valence-corrected chi connectivity index (χ0v) is 13.1. The number of rotatable bonds is 5. The molecule has 2 fully saturated rings. The number of nitrogens with one attached hydrogen (secondary N) is 1. The van der Waals surface area contributed by atoms with E-state index in [-0.39, 0.29) is 11.9 Å². The molecule has 116 valence electrons.